The number of aryl methyl sites for hydroxylation is 1. The van der Waals surface area contributed by atoms with Gasteiger partial charge >= 0.3 is 0 Å². The molecule has 1 aliphatic heterocycles. The number of carbonyl (C=O) groups excluding carboxylic acids is 1. The maximum Gasteiger partial charge on any atom is 0.220 e. The van der Waals surface area contributed by atoms with Gasteiger partial charge in [0.25, 0.3) is 0 Å². The molecule has 0 radical (unpaired) electrons. The van der Waals surface area contributed by atoms with Gasteiger partial charge in [0.15, 0.2) is 0 Å². The molecule has 1 saturated heterocycles. The third-order valence-corrected chi connectivity index (χ3v) is 3.86. The molecular formula is C11H17N3OS. The van der Waals surface area contributed by atoms with E-state index in [0.29, 0.717) is 18.9 Å². The lowest BCUT2D eigenvalue weighted by molar-refractivity contribution is -0.122. The molecule has 1 aromatic rings. The summed E-state index contributed by atoms with van der Waals surface area (Å²) in [7, 11) is 0. The summed E-state index contributed by atoms with van der Waals surface area (Å²) in [6.45, 7) is 4.62. The monoisotopic (exact) mass is 239 g/mol. The van der Waals surface area contributed by atoms with Gasteiger partial charge in [-0.3, -0.25) is 4.79 Å². The Kier molecular flexibility index (Phi) is 3.90. The van der Waals surface area contributed by atoms with Crippen LogP contribution in [0.4, 0.5) is 0 Å². The third kappa shape index (κ3) is 3.02. The number of rotatable bonds is 4. The van der Waals surface area contributed by atoms with E-state index in [1.807, 2.05) is 12.4 Å². The van der Waals surface area contributed by atoms with Crippen molar-refractivity contribution >= 4 is 17.2 Å². The van der Waals surface area contributed by atoms with Crippen molar-refractivity contribution in [3.8, 4) is 0 Å². The maximum atomic E-state index is 11.7. The first-order valence-corrected chi connectivity index (χ1v) is 6.50. The summed E-state index contributed by atoms with van der Waals surface area (Å²) < 4.78 is 0. The largest absolute Gasteiger partial charge is 0.351 e. The lowest BCUT2D eigenvalue weighted by Gasteiger charge is -2.08. The van der Waals surface area contributed by atoms with Gasteiger partial charge in [-0.2, -0.15) is 0 Å². The van der Waals surface area contributed by atoms with Gasteiger partial charge in [-0.25, -0.2) is 4.98 Å². The van der Waals surface area contributed by atoms with Crippen LogP contribution >= 0.6 is 11.3 Å². The molecule has 4 nitrogen and oxygen atoms in total. The van der Waals surface area contributed by atoms with Crippen LogP contribution in [0.1, 0.15) is 23.4 Å². The average Bonchev–Trinajstić information content (AvgIpc) is 2.87. The highest BCUT2D eigenvalue weighted by atomic mass is 32.1. The number of carbonyl (C=O) groups is 1. The van der Waals surface area contributed by atoms with E-state index in [-0.39, 0.29) is 5.91 Å². The van der Waals surface area contributed by atoms with Gasteiger partial charge in [0, 0.05) is 11.3 Å². The van der Waals surface area contributed by atoms with Gasteiger partial charge in [-0.05, 0) is 32.4 Å². The summed E-state index contributed by atoms with van der Waals surface area (Å²) in [6.07, 6.45) is 1.76. The fourth-order valence-electron chi connectivity index (χ4n) is 1.90. The first kappa shape index (κ1) is 11.5. The highest BCUT2D eigenvalue weighted by Crippen LogP contribution is 2.13. The lowest BCUT2D eigenvalue weighted by atomic mass is 10.0. The number of aromatic nitrogens is 1. The van der Waals surface area contributed by atoms with Crippen molar-refractivity contribution < 1.29 is 4.79 Å². The van der Waals surface area contributed by atoms with Crippen LogP contribution in [0.15, 0.2) is 5.51 Å². The fraction of sp³-hybridized carbons (Fsp3) is 0.636. The van der Waals surface area contributed by atoms with Gasteiger partial charge < -0.3 is 10.6 Å². The Labute approximate surface area is 99.5 Å². The van der Waals surface area contributed by atoms with E-state index in [2.05, 4.69) is 15.6 Å². The Morgan fingerprint density at radius 1 is 1.75 bits per heavy atom. The first-order valence-electron chi connectivity index (χ1n) is 5.62. The quantitative estimate of drug-likeness (QED) is 0.826. The number of hydrogen-bond donors (Lipinski definition) is 2. The van der Waals surface area contributed by atoms with Crippen LogP contribution in [0.5, 0.6) is 0 Å². The van der Waals surface area contributed by atoms with E-state index in [1.165, 1.54) is 0 Å². The van der Waals surface area contributed by atoms with Crippen LogP contribution in [0, 0.1) is 12.8 Å². The molecule has 1 unspecified atom stereocenters. The zero-order valence-corrected chi connectivity index (χ0v) is 10.3. The van der Waals surface area contributed by atoms with Gasteiger partial charge in [-0.1, -0.05) is 0 Å². The molecule has 1 aromatic heterocycles. The van der Waals surface area contributed by atoms with Crippen LogP contribution in [-0.2, 0) is 11.3 Å². The van der Waals surface area contributed by atoms with E-state index in [0.717, 1.165) is 30.1 Å². The molecule has 0 aromatic carbocycles. The highest BCUT2D eigenvalue weighted by molar-refractivity contribution is 7.09. The summed E-state index contributed by atoms with van der Waals surface area (Å²) in [5, 5.41) is 6.23. The molecule has 2 rings (SSSR count). The van der Waals surface area contributed by atoms with E-state index in [4.69, 9.17) is 0 Å². The maximum absolute atomic E-state index is 11.7. The molecule has 1 aliphatic rings. The Morgan fingerprint density at radius 3 is 3.25 bits per heavy atom. The molecular weight excluding hydrogens is 222 g/mol. The van der Waals surface area contributed by atoms with Crippen molar-refractivity contribution in [3.63, 3.8) is 0 Å². The van der Waals surface area contributed by atoms with Gasteiger partial charge in [0.1, 0.15) is 0 Å². The first-order chi connectivity index (χ1) is 7.75. The normalized spacial score (nSPS) is 19.9. The highest BCUT2D eigenvalue weighted by Gasteiger charge is 2.17. The van der Waals surface area contributed by atoms with E-state index in [9.17, 15) is 4.79 Å². The molecule has 1 fully saturated rings. The van der Waals surface area contributed by atoms with Crippen molar-refractivity contribution in [1.82, 2.24) is 15.6 Å². The van der Waals surface area contributed by atoms with Gasteiger partial charge in [0.2, 0.25) is 5.91 Å². The van der Waals surface area contributed by atoms with E-state index in [1.54, 1.807) is 11.3 Å². The second kappa shape index (κ2) is 5.41. The second-order valence-corrected chi connectivity index (χ2v) is 5.14. The van der Waals surface area contributed by atoms with E-state index >= 15 is 0 Å². The van der Waals surface area contributed by atoms with Crippen LogP contribution < -0.4 is 10.6 Å². The molecule has 1 atom stereocenters. The number of nitrogens with zero attached hydrogens (tertiary/aromatic N) is 1. The van der Waals surface area contributed by atoms with Crippen molar-refractivity contribution in [2.24, 2.45) is 5.92 Å². The van der Waals surface area contributed by atoms with E-state index < -0.39 is 0 Å². The fourth-order valence-corrected chi connectivity index (χ4v) is 2.61. The van der Waals surface area contributed by atoms with Gasteiger partial charge in [0.05, 0.1) is 17.7 Å². The van der Waals surface area contributed by atoms with Crippen molar-refractivity contribution in [1.29, 1.82) is 0 Å². The minimum absolute atomic E-state index is 0.154. The molecule has 0 spiro atoms. The molecule has 2 heterocycles. The summed E-state index contributed by atoms with van der Waals surface area (Å²) >= 11 is 1.60. The Balaban J connectivity index is 1.73. The van der Waals surface area contributed by atoms with Crippen molar-refractivity contribution in [2.45, 2.75) is 26.3 Å². The number of amides is 1. The topological polar surface area (TPSA) is 54.0 Å². The average molecular weight is 239 g/mol. The second-order valence-electron chi connectivity index (χ2n) is 4.20. The van der Waals surface area contributed by atoms with Crippen molar-refractivity contribution in [3.05, 3.63) is 16.1 Å². The molecule has 16 heavy (non-hydrogen) atoms. The standard InChI is InChI=1S/C11H17N3OS/c1-8-10(16-7-14-8)6-13-11(15)4-9-2-3-12-5-9/h7,9,12H,2-6H2,1H3,(H,13,15). The number of hydrogen-bond acceptors (Lipinski definition) is 4. The Hall–Kier alpha value is -0.940. The Morgan fingerprint density at radius 2 is 2.62 bits per heavy atom. The molecule has 2 N–H and O–H groups in total. The van der Waals surface area contributed by atoms with Gasteiger partial charge in [-0.15, -0.1) is 11.3 Å². The predicted octanol–water partition coefficient (Wildman–Crippen LogP) is 1.07. The number of thiazole rings is 1. The minimum atomic E-state index is 0.154. The van der Waals surface area contributed by atoms with Crippen LogP contribution in [0.3, 0.4) is 0 Å². The lowest BCUT2D eigenvalue weighted by Crippen LogP contribution is -2.25. The summed E-state index contributed by atoms with van der Waals surface area (Å²) in [5.74, 6) is 0.670. The zero-order chi connectivity index (χ0) is 11.4. The Bertz CT molecular complexity index is 358. The van der Waals surface area contributed by atoms with Crippen LogP contribution in [-0.4, -0.2) is 24.0 Å². The minimum Gasteiger partial charge on any atom is -0.351 e. The summed E-state index contributed by atoms with van der Waals surface area (Å²) in [5.41, 5.74) is 2.84. The summed E-state index contributed by atoms with van der Waals surface area (Å²) in [6, 6.07) is 0. The molecule has 0 saturated carbocycles. The van der Waals surface area contributed by atoms with Crippen molar-refractivity contribution in [2.75, 3.05) is 13.1 Å². The smallest absolute Gasteiger partial charge is 0.220 e. The SMILES string of the molecule is Cc1ncsc1CNC(=O)CC1CCNC1. The third-order valence-electron chi connectivity index (χ3n) is 2.93. The molecule has 0 bridgehead atoms. The summed E-state index contributed by atoms with van der Waals surface area (Å²) in [4.78, 5) is 17.0. The van der Waals surface area contributed by atoms with Crippen LogP contribution in [0.25, 0.3) is 0 Å². The van der Waals surface area contributed by atoms with Crippen LogP contribution in [0.2, 0.25) is 0 Å². The number of nitrogens with one attached hydrogen (secondary N) is 2. The molecule has 1 amide bonds. The molecule has 5 heteroatoms. The molecule has 88 valence electrons. The molecule has 0 aliphatic carbocycles. The zero-order valence-electron chi connectivity index (χ0n) is 9.45. The predicted molar refractivity (Wildman–Crippen MR) is 64.3 cm³/mol.